The molecular formula is C22H23N5O3S2. The zero-order valence-corrected chi connectivity index (χ0v) is 19.5. The number of aromatic nitrogens is 5. The minimum Gasteiger partial charge on any atom is -0.461 e. The lowest BCUT2D eigenvalue weighted by Crippen LogP contribution is -2.15. The van der Waals surface area contributed by atoms with E-state index >= 15 is 0 Å². The molecule has 0 aliphatic heterocycles. The average molecular weight is 470 g/mol. The average Bonchev–Trinajstić information content (AvgIpc) is 3.51. The number of thioether (sulfide) groups is 1. The Kier molecular flexibility index (Phi) is 5.73. The summed E-state index contributed by atoms with van der Waals surface area (Å²) in [5.74, 6) is 2.39. The summed E-state index contributed by atoms with van der Waals surface area (Å²) in [5.41, 5.74) is 0.488. The van der Waals surface area contributed by atoms with Crippen LogP contribution in [0.2, 0.25) is 0 Å². The van der Waals surface area contributed by atoms with E-state index in [1.165, 1.54) is 49.3 Å². The van der Waals surface area contributed by atoms with Gasteiger partial charge in [0.2, 0.25) is 5.82 Å². The van der Waals surface area contributed by atoms with E-state index in [0.29, 0.717) is 44.0 Å². The topological polar surface area (TPSA) is 107 Å². The minimum absolute atomic E-state index is 0.0492. The zero-order valence-electron chi connectivity index (χ0n) is 17.9. The monoisotopic (exact) mass is 469 g/mol. The maximum atomic E-state index is 12.7. The number of fused-ring (bicyclic) bond motifs is 1. The molecule has 0 amide bonds. The second-order valence-electron chi connectivity index (χ2n) is 8.04. The summed E-state index contributed by atoms with van der Waals surface area (Å²) in [6.07, 6.45) is 7.44. The third-order valence-electron chi connectivity index (χ3n) is 5.85. The summed E-state index contributed by atoms with van der Waals surface area (Å²) < 4.78 is 7.79. The van der Waals surface area contributed by atoms with Crippen molar-refractivity contribution >= 4 is 39.1 Å². The van der Waals surface area contributed by atoms with Gasteiger partial charge >= 0.3 is 0 Å². The number of ketones is 1. The van der Waals surface area contributed by atoms with E-state index in [0.717, 1.165) is 23.8 Å². The number of Topliss-reactive ketones (excluding diaryl/α,β-unsaturated/α-hetero) is 1. The van der Waals surface area contributed by atoms with Crippen molar-refractivity contribution in [2.45, 2.75) is 62.9 Å². The summed E-state index contributed by atoms with van der Waals surface area (Å²) in [7, 11) is 0. The lowest BCUT2D eigenvalue weighted by Gasteiger charge is -2.25. The molecular weight excluding hydrogens is 446 g/mol. The molecule has 0 atom stereocenters. The minimum atomic E-state index is -0.211. The smallest absolute Gasteiger partial charge is 0.259 e. The number of nitrogens with one attached hydrogen (secondary N) is 1. The number of aromatic amines is 1. The van der Waals surface area contributed by atoms with Crippen LogP contribution in [-0.2, 0) is 5.75 Å². The van der Waals surface area contributed by atoms with E-state index in [4.69, 9.17) is 4.42 Å². The Hall–Kier alpha value is -2.72. The van der Waals surface area contributed by atoms with Crippen LogP contribution in [-0.4, -0.2) is 30.5 Å². The Bertz CT molecular complexity index is 1330. The second-order valence-corrected chi connectivity index (χ2v) is 9.98. The van der Waals surface area contributed by atoms with Crippen molar-refractivity contribution in [3.8, 4) is 11.6 Å². The first-order valence-corrected chi connectivity index (χ1v) is 12.5. The van der Waals surface area contributed by atoms with Crippen molar-refractivity contribution in [3.05, 3.63) is 45.0 Å². The number of nitrogens with zero attached hydrogens (tertiary/aromatic N) is 4. The maximum Gasteiger partial charge on any atom is 0.259 e. The van der Waals surface area contributed by atoms with Crippen LogP contribution in [0.5, 0.6) is 0 Å². The standard InChI is InChI=1S/C22H23N5O3S2/c1-12-17-20(29)23-16(24-21(17)32-18(12)13(2)28)11-31-22-26-25-19(15-9-6-10-30-15)27(22)14-7-4-3-5-8-14/h6,9-10,14H,3-5,7-8,11H2,1-2H3,(H,23,24,29). The van der Waals surface area contributed by atoms with Crippen LogP contribution in [0.4, 0.5) is 0 Å². The molecule has 32 heavy (non-hydrogen) atoms. The first-order chi connectivity index (χ1) is 15.5. The number of H-pyrrole nitrogens is 1. The van der Waals surface area contributed by atoms with Gasteiger partial charge in [0.1, 0.15) is 10.7 Å². The molecule has 0 radical (unpaired) electrons. The third-order valence-corrected chi connectivity index (χ3v) is 8.09. The third kappa shape index (κ3) is 3.81. The summed E-state index contributed by atoms with van der Waals surface area (Å²) >= 11 is 2.77. The molecule has 4 aromatic heterocycles. The van der Waals surface area contributed by atoms with Crippen molar-refractivity contribution in [2.75, 3.05) is 0 Å². The molecule has 4 heterocycles. The number of carbonyl (C=O) groups is 1. The highest BCUT2D eigenvalue weighted by atomic mass is 32.2. The van der Waals surface area contributed by atoms with E-state index in [1.807, 2.05) is 12.1 Å². The van der Waals surface area contributed by atoms with Gasteiger partial charge in [0, 0.05) is 6.04 Å². The van der Waals surface area contributed by atoms with E-state index in [2.05, 4.69) is 24.7 Å². The van der Waals surface area contributed by atoms with Gasteiger partial charge in [-0.2, -0.15) is 0 Å². The lowest BCUT2D eigenvalue weighted by atomic mass is 9.95. The van der Waals surface area contributed by atoms with Gasteiger partial charge in [-0.05, 0) is 44.4 Å². The van der Waals surface area contributed by atoms with Crippen LogP contribution in [0, 0.1) is 6.92 Å². The van der Waals surface area contributed by atoms with Crippen LogP contribution < -0.4 is 5.56 Å². The van der Waals surface area contributed by atoms with Gasteiger partial charge in [0.15, 0.2) is 16.7 Å². The fourth-order valence-corrected chi connectivity index (χ4v) is 6.31. The number of hydrogen-bond donors (Lipinski definition) is 1. The molecule has 1 N–H and O–H groups in total. The first kappa shape index (κ1) is 21.1. The summed E-state index contributed by atoms with van der Waals surface area (Å²) in [4.78, 5) is 33.2. The van der Waals surface area contributed by atoms with Gasteiger partial charge in [0.05, 0.1) is 22.3 Å². The van der Waals surface area contributed by atoms with E-state index in [9.17, 15) is 9.59 Å². The number of furan rings is 1. The van der Waals surface area contributed by atoms with Crippen molar-refractivity contribution in [3.63, 3.8) is 0 Å². The fraction of sp³-hybridized carbons (Fsp3) is 0.409. The highest BCUT2D eigenvalue weighted by molar-refractivity contribution is 7.98. The van der Waals surface area contributed by atoms with E-state index in [1.54, 1.807) is 13.2 Å². The molecule has 0 saturated heterocycles. The van der Waals surface area contributed by atoms with E-state index < -0.39 is 0 Å². The van der Waals surface area contributed by atoms with Gasteiger partial charge in [-0.1, -0.05) is 31.0 Å². The summed E-state index contributed by atoms with van der Waals surface area (Å²) in [6.45, 7) is 3.31. The number of hydrogen-bond acceptors (Lipinski definition) is 8. The second kappa shape index (κ2) is 8.67. The van der Waals surface area contributed by atoms with Gasteiger partial charge in [0.25, 0.3) is 5.56 Å². The predicted octanol–water partition coefficient (Wildman–Crippen LogP) is 5.14. The SMILES string of the molecule is CC(=O)c1sc2nc(CSc3nnc(-c4ccco4)n3C3CCCCC3)[nH]c(=O)c2c1C. The molecule has 0 aromatic carbocycles. The molecule has 1 aliphatic carbocycles. The van der Waals surface area contributed by atoms with Gasteiger partial charge in [-0.3, -0.25) is 14.2 Å². The fourth-order valence-electron chi connectivity index (χ4n) is 4.34. The van der Waals surface area contributed by atoms with E-state index in [-0.39, 0.29) is 11.3 Å². The molecule has 4 aromatic rings. The Balaban J connectivity index is 1.46. The predicted molar refractivity (Wildman–Crippen MR) is 124 cm³/mol. The molecule has 10 heteroatoms. The molecule has 1 fully saturated rings. The molecule has 0 unspecified atom stereocenters. The normalized spacial score (nSPS) is 14.9. The van der Waals surface area contributed by atoms with Gasteiger partial charge in [-0.25, -0.2) is 4.98 Å². The maximum absolute atomic E-state index is 12.7. The molecule has 5 rings (SSSR count). The Morgan fingerprint density at radius 2 is 2.12 bits per heavy atom. The van der Waals surface area contributed by atoms with Crippen LogP contribution in [0.1, 0.15) is 66.1 Å². The molecule has 0 bridgehead atoms. The quantitative estimate of drug-likeness (QED) is 0.308. The van der Waals surface area contributed by atoms with Crippen LogP contribution in [0.3, 0.4) is 0 Å². The Labute approximate surface area is 192 Å². The van der Waals surface area contributed by atoms with Crippen LogP contribution >= 0.6 is 23.1 Å². The van der Waals surface area contributed by atoms with Crippen LogP contribution in [0.25, 0.3) is 21.8 Å². The number of carbonyl (C=O) groups excluding carboxylic acids is 1. The van der Waals surface area contributed by atoms with Gasteiger partial charge in [-0.15, -0.1) is 21.5 Å². The molecule has 1 saturated carbocycles. The van der Waals surface area contributed by atoms with Crippen molar-refractivity contribution < 1.29 is 9.21 Å². The molecule has 166 valence electrons. The zero-order chi connectivity index (χ0) is 22.2. The summed E-state index contributed by atoms with van der Waals surface area (Å²) in [6, 6.07) is 4.08. The Morgan fingerprint density at radius 3 is 2.84 bits per heavy atom. The molecule has 1 aliphatic rings. The largest absolute Gasteiger partial charge is 0.461 e. The highest BCUT2D eigenvalue weighted by Gasteiger charge is 2.25. The highest BCUT2D eigenvalue weighted by Crippen LogP contribution is 2.36. The number of rotatable bonds is 6. The molecule has 0 spiro atoms. The first-order valence-electron chi connectivity index (χ1n) is 10.7. The summed E-state index contributed by atoms with van der Waals surface area (Å²) in [5, 5.41) is 10.2. The van der Waals surface area contributed by atoms with Crippen molar-refractivity contribution in [2.24, 2.45) is 0 Å². The number of thiophene rings is 1. The molecule has 8 nitrogen and oxygen atoms in total. The lowest BCUT2D eigenvalue weighted by molar-refractivity contribution is 0.102. The Morgan fingerprint density at radius 1 is 1.31 bits per heavy atom. The van der Waals surface area contributed by atoms with Crippen molar-refractivity contribution in [1.82, 2.24) is 24.7 Å². The van der Waals surface area contributed by atoms with Crippen LogP contribution in [0.15, 0.2) is 32.8 Å². The number of aryl methyl sites for hydroxylation is 1. The van der Waals surface area contributed by atoms with Crippen molar-refractivity contribution in [1.29, 1.82) is 0 Å². The van der Waals surface area contributed by atoms with Gasteiger partial charge < -0.3 is 9.40 Å².